The van der Waals surface area contributed by atoms with E-state index in [0.717, 1.165) is 6.04 Å². The minimum atomic E-state index is -1.65. The first-order valence-electron chi connectivity index (χ1n) is 1.91. The van der Waals surface area contributed by atoms with Gasteiger partial charge in [0.1, 0.15) is 0 Å². The molecule has 0 aromatic rings. The Kier molecular flexibility index (Phi) is 2.46. The van der Waals surface area contributed by atoms with Gasteiger partial charge in [-0.1, -0.05) is 6.92 Å². The summed E-state index contributed by atoms with van der Waals surface area (Å²) in [4.78, 5) is 0. The Morgan fingerprint density at radius 3 is 2.00 bits per heavy atom. The Balaban J connectivity index is 2.54. The molecule has 0 nitrogen and oxygen atoms in total. The number of rotatable bonds is 1. The minimum absolute atomic E-state index is 0.778. The molecule has 0 aromatic carbocycles. The lowest BCUT2D eigenvalue weighted by molar-refractivity contribution is 0.830. The Morgan fingerprint density at radius 1 is 1.80 bits per heavy atom. The van der Waals surface area contributed by atoms with Crippen LogP contribution in [0.25, 0.3) is 0 Å². The first-order chi connectivity index (χ1) is 2.27. The standard InChI is InChI=1S/C3H9FSi/c1-3-5(2)4/h5H,3H2,1-2H3. The number of hydrogen-bond acceptors (Lipinski definition) is 0. The smallest absolute Gasteiger partial charge is 0.228 e. The highest BCUT2D eigenvalue weighted by molar-refractivity contribution is 6.49. The van der Waals surface area contributed by atoms with Crippen LogP contribution in [0.15, 0.2) is 0 Å². The van der Waals surface area contributed by atoms with Crippen molar-refractivity contribution in [3.8, 4) is 0 Å². The summed E-state index contributed by atoms with van der Waals surface area (Å²) in [5.74, 6) is 0. The Hall–Kier alpha value is 0.147. The molecular formula is C3H9FSi. The summed E-state index contributed by atoms with van der Waals surface area (Å²) >= 11 is 0. The van der Waals surface area contributed by atoms with Gasteiger partial charge in [-0.15, -0.1) is 0 Å². The van der Waals surface area contributed by atoms with Crippen molar-refractivity contribution in [1.82, 2.24) is 0 Å². The molecule has 0 heterocycles. The van der Waals surface area contributed by atoms with E-state index in [0.29, 0.717) is 0 Å². The number of halogens is 1. The van der Waals surface area contributed by atoms with Crippen LogP contribution in [-0.4, -0.2) is 9.13 Å². The van der Waals surface area contributed by atoms with Gasteiger partial charge in [0.05, 0.1) is 0 Å². The van der Waals surface area contributed by atoms with Gasteiger partial charge in [0.25, 0.3) is 0 Å². The Labute approximate surface area is 33.8 Å². The molecule has 0 spiro atoms. The lowest BCUT2D eigenvalue weighted by Gasteiger charge is -1.82. The predicted molar refractivity (Wildman–Crippen MR) is 24.6 cm³/mol. The maximum absolute atomic E-state index is 11.6. The monoisotopic (exact) mass is 92.0 g/mol. The van der Waals surface area contributed by atoms with Crippen LogP contribution in [0.1, 0.15) is 6.92 Å². The fraction of sp³-hybridized carbons (Fsp3) is 1.00. The van der Waals surface area contributed by atoms with E-state index >= 15 is 0 Å². The molecule has 5 heavy (non-hydrogen) atoms. The first-order valence-corrected chi connectivity index (χ1v) is 4.32. The van der Waals surface area contributed by atoms with E-state index in [-0.39, 0.29) is 0 Å². The first kappa shape index (κ1) is 5.15. The summed E-state index contributed by atoms with van der Waals surface area (Å²) in [6.07, 6.45) is 0. The van der Waals surface area contributed by atoms with E-state index in [1.807, 2.05) is 6.92 Å². The van der Waals surface area contributed by atoms with Crippen LogP contribution in [0.3, 0.4) is 0 Å². The largest absolute Gasteiger partial charge is 0.319 e. The van der Waals surface area contributed by atoms with E-state index in [9.17, 15) is 4.11 Å². The zero-order chi connectivity index (χ0) is 4.28. The molecule has 0 aliphatic carbocycles. The molecule has 1 atom stereocenters. The molecule has 0 aliphatic heterocycles. The molecule has 0 aliphatic rings. The molecular weight excluding hydrogens is 83.1 g/mol. The maximum Gasteiger partial charge on any atom is 0.228 e. The van der Waals surface area contributed by atoms with Gasteiger partial charge in [-0.05, 0) is 12.6 Å². The van der Waals surface area contributed by atoms with Crippen molar-refractivity contribution >= 4 is 9.13 Å². The molecule has 0 fully saturated rings. The van der Waals surface area contributed by atoms with E-state index in [4.69, 9.17) is 0 Å². The van der Waals surface area contributed by atoms with Crippen molar-refractivity contribution in [2.24, 2.45) is 0 Å². The molecule has 0 amide bonds. The van der Waals surface area contributed by atoms with Gasteiger partial charge >= 0.3 is 0 Å². The summed E-state index contributed by atoms with van der Waals surface area (Å²) in [5, 5.41) is 0. The highest BCUT2D eigenvalue weighted by Crippen LogP contribution is 1.86. The van der Waals surface area contributed by atoms with Crippen LogP contribution in [0.5, 0.6) is 0 Å². The molecule has 0 saturated carbocycles. The highest BCUT2D eigenvalue weighted by Gasteiger charge is 1.90. The van der Waals surface area contributed by atoms with E-state index in [1.165, 1.54) is 0 Å². The maximum atomic E-state index is 11.6. The van der Waals surface area contributed by atoms with Crippen LogP contribution in [0.2, 0.25) is 12.6 Å². The lowest BCUT2D eigenvalue weighted by atomic mass is 11.0. The van der Waals surface area contributed by atoms with Crippen LogP contribution in [0.4, 0.5) is 4.11 Å². The zero-order valence-corrected chi connectivity index (χ0v) is 4.82. The number of hydrogen-bond donors (Lipinski definition) is 0. The van der Waals surface area contributed by atoms with Crippen LogP contribution >= 0.6 is 0 Å². The average molecular weight is 92.2 g/mol. The predicted octanol–water partition coefficient (Wildman–Crippen LogP) is 1.33. The van der Waals surface area contributed by atoms with E-state index < -0.39 is 9.13 Å². The molecule has 32 valence electrons. The second kappa shape index (κ2) is 2.39. The third kappa shape index (κ3) is 4.15. The van der Waals surface area contributed by atoms with Crippen molar-refractivity contribution in [2.45, 2.75) is 19.5 Å². The van der Waals surface area contributed by atoms with E-state index in [1.54, 1.807) is 6.55 Å². The summed E-state index contributed by atoms with van der Waals surface area (Å²) in [7, 11) is -1.65. The molecule has 0 rings (SSSR count). The molecule has 1 unspecified atom stereocenters. The SMILES string of the molecule is CC[SiH](C)F. The molecule has 0 saturated heterocycles. The second-order valence-corrected chi connectivity index (χ2v) is 3.57. The molecule has 0 radical (unpaired) electrons. The quantitative estimate of drug-likeness (QED) is 0.338. The van der Waals surface area contributed by atoms with Crippen LogP contribution in [-0.2, 0) is 0 Å². The van der Waals surface area contributed by atoms with Gasteiger partial charge in [-0.25, -0.2) is 0 Å². The topological polar surface area (TPSA) is 0 Å². The zero-order valence-electron chi connectivity index (χ0n) is 3.66. The van der Waals surface area contributed by atoms with Gasteiger partial charge in [0.2, 0.25) is 9.13 Å². The normalized spacial score (nSPS) is 15.0. The van der Waals surface area contributed by atoms with E-state index in [2.05, 4.69) is 0 Å². The molecule has 2 heteroatoms. The van der Waals surface area contributed by atoms with Gasteiger partial charge in [-0.3, -0.25) is 0 Å². The van der Waals surface area contributed by atoms with Gasteiger partial charge in [-0.2, -0.15) is 0 Å². The van der Waals surface area contributed by atoms with Crippen LogP contribution < -0.4 is 0 Å². The summed E-state index contributed by atoms with van der Waals surface area (Å²) < 4.78 is 11.6. The third-order valence-corrected chi connectivity index (χ3v) is 1.69. The fourth-order valence-corrected chi connectivity index (χ4v) is 0. The summed E-state index contributed by atoms with van der Waals surface area (Å²) in [5.41, 5.74) is 0. The van der Waals surface area contributed by atoms with Gasteiger partial charge in [0, 0.05) is 0 Å². The van der Waals surface area contributed by atoms with Crippen molar-refractivity contribution in [3.63, 3.8) is 0 Å². The average Bonchev–Trinajstić information content (AvgIpc) is 1.38. The fourth-order valence-electron chi connectivity index (χ4n) is 0. The summed E-state index contributed by atoms with van der Waals surface area (Å²) in [6.45, 7) is 3.58. The Bertz CT molecular complexity index is 20.9. The Morgan fingerprint density at radius 2 is 2.00 bits per heavy atom. The molecule has 0 bridgehead atoms. The van der Waals surface area contributed by atoms with Gasteiger partial charge in [0.15, 0.2) is 0 Å². The van der Waals surface area contributed by atoms with Crippen molar-refractivity contribution in [3.05, 3.63) is 0 Å². The highest BCUT2D eigenvalue weighted by atomic mass is 28.3. The van der Waals surface area contributed by atoms with Crippen LogP contribution in [0, 0.1) is 0 Å². The third-order valence-electron chi connectivity index (χ3n) is 0.563. The lowest BCUT2D eigenvalue weighted by Crippen LogP contribution is -1.90. The molecule has 0 N–H and O–H groups in total. The van der Waals surface area contributed by atoms with Crippen molar-refractivity contribution < 1.29 is 4.11 Å². The second-order valence-electron chi connectivity index (χ2n) is 1.19. The molecule has 0 aromatic heterocycles. The van der Waals surface area contributed by atoms with Crippen molar-refractivity contribution in [2.75, 3.05) is 0 Å². The van der Waals surface area contributed by atoms with Crippen molar-refractivity contribution in [1.29, 1.82) is 0 Å². The van der Waals surface area contributed by atoms with Gasteiger partial charge < -0.3 is 4.11 Å². The summed E-state index contributed by atoms with van der Waals surface area (Å²) in [6, 6.07) is 0.778. The minimum Gasteiger partial charge on any atom is -0.319 e.